The summed E-state index contributed by atoms with van der Waals surface area (Å²) in [6.45, 7) is 4.09. The fourth-order valence-corrected chi connectivity index (χ4v) is 5.13. The minimum atomic E-state index is -3.96. The molecule has 0 fully saturated rings. The molecule has 0 spiro atoms. The summed E-state index contributed by atoms with van der Waals surface area (Å²) in [5.74, 6) is -2.16. The molecular formula is C25H31N3O5S. The van der Waals surface area contributed by atoms with Crippen molar-refractivity contribution in [3.63, 3.8) is 0 Å². The van der Waals surface area contributed by atoms with Crippen molar-refractivity contribution in [2.45, 2.75) is 56.5 Å². The monoisotopic (exact) mass is 485 g/mol. The van der Waals surface area contributed by atoms with Crippen molar-refractivity contribution in [3.8, 4) is 0 Å². The van der Waals surface area contributed by atoms with Crippen LogP contribution in [0.5, 0.6) is 0 Å². The van der Waals surface area contributed by atoms with Crippen LogP contribution in [-0.2, 0) is 37.2 Å². The van der Waals surface area contributed by atoms with E-state index in [4.69, 9.17) is 0 Å². The van der Waals surface area contributed by atoms with Crippen LogP contribution in [0.1, 0.15) is 37.8 Å². The van der Waals surface area contributed by atoms with Gasteiger partial charge in [0.1, 0.15) is 12.1 Å². The van der Waals surface area contributed by atoms with E-state index < -0.39 is 39.7 Å². The van der Waals surface area contributed by atoms with E-state index in [1.165, 1.54) is 12.1 Å². The highest BCUT2D eigenvalue weighted by Gasteiger charge is 2.32. The molecular weight excluding hydrogens is 454 g/mol. The van der Waals surface area contributed by atoms with Gasteiger partial charge in [0.05, 0.1) is 4.90 Å². The number of sulfonamides is 1. The maximum atomic E-state index is 13.2. The van der Waals surface area contributed by atoms with E-state index >= 15 is 0 Å². The van der Waals surface area contributed by atoms with E-state index in [2.05, 4.69) is 15.4 Å². The number of benzene rings is 2. The predicted molar refractivity (Wildman–Crippen MR) is 128 cm³/mol. The first-order valence-electron chi connectivity index (χ1n) is 11.4. The number of ketones is 1. The Morgan fingerprint density at radius 3 is 2.47 bits per heavy atom. The molecule has 0 saturated heterocycles. The van der Waals surface area contributed by atoms with Crippen LogP contribution in [0.4, 0.5) is 0 Å². The van der Waals surface area contributed by atoms with E-state index in [0.717, 1.165) is 17.5 Å². The summed E-state index contributed by atoms with van der Waals surface area (Å²) in [5, 5.41) is 5.26. The average molecular weight is 486 g/mol. The summed E-state index contributed by atoms with van der Waals surface area (Å²) in [5.41, 5.74) is 1.90. The molecule has 0 saturated carbocycles. The Kier molecular flexibility index (Phi) is 8.57. The van der Waals surface area contributed by atoms with Crippen molar-refractivity contribution in [1.29, 1.82) is 0 Å². The Hall–Kier alpha value is -3.04. The molecule has 1 aliphatic heterocycles. The first-order chi connectivity index (χ1) is 16.2. The highest BCUT2D eigenvalue weighted by molar-refractivity contribution is 7.89. The normalized spacial score (nSPS) is 18.0. The smallest absolute Gasteiger partial charge is 0.289 e. The first kappa shape index (κ1) is 25.6. The Balaban J connectivity index is 1.84. The second-order valence-electron chi connectivity index (χ2n) is 8.93. The number of hydrogen-bond acceptors (Lipinski definition) is 5. The number of nitrogens with one attached hydrogen (secondary N) is 3. The number of aryl methyl sites for hydroxylation is 1. The van der Waals surface area contributed by atoms with E-state index in [9.17, 15) is 22.8 Å². The zero-order valence-electron chi connectivity index (χ0n) is 19.4. The van der Waals surface area contributed by atoms with Gasteiger partial charge in [-0.05, 0) is 48.4 Å². The summed E-state index contributed by atoms with van der Waals surface area (Å²) < 4.78 is 28.2. The molecule has 1 aliphatic rings. The van der Waals surface area contributed by atoms with Gasteiger partial charge in [-0.2, -0.15) is 4.72 Å². The number of Topliss-reactive ketones (excluding diaryl/α,β-unsaturated/α-hetero) is 1. The number of rotatable bonds is 7. The number of carbonyl (C=O) groups is 3. The lowest BCUT2D eigenvalue weighted by molar-refractivity contribution is -0.140. The Morgan fingerprint density at radius 2 is 1.76 bits per heavy atom. The molecule has 0 radical (unpaired) electrons. The van der Waals surface area contributed by atoms with Gasteiger partial charge < -0.3 is 10.6 Å². The van der Waals surface area contributed by atoms with Gasteiger partial charge in [0.2, 0.25) is 21.7 Å². The molecule has 9 heteroatoms. The van der Waals surface area contributed by atoms with Crippen molar-refractivity contribution in [2.75, 3.05) is 6.54 Å². The maximum absolute atomic E-state index is 13.2. The summed E-state index contributed by atoms with van der Waals surface area (Å²) >= 11 is 0. The quantitative estimate of drug-likeness (QED) is 0.516. The molecule has 2 aromatic carbocycles. The van der Waals surface area contributed by atoms with Crippen LogP contribution >= 0.6 is 0 Å². The van der Waals surface area contributed by atoms with Crippen LogP contribution in [-0.4, -0.2) is 44.6 Å². The zero-order chi connectivity index (χ0) is 24.7. The standard InChI is InChI=1S/C25H31N3O5S/c1-17(2)14-22(28-34(32,33)20-11-4-3-5-12-20)24(30)27-21-16-19-9-6-8-18(15-19)10-7-13-26-25(31)23(21)29/h3-6,8-9,11-12,15,17,21-22,28H,7,10,13-14,16H2,1-2H3,(H,26,31)(H,27,30). The van der Waals surface area contributed by atoms with Crippen LogP contribution in [0.3, 0.4) is 0 Å². The fourth-order valence-electron chi connectivity index (χ4n) is 3.90. The molecule has 182 valence electrons. The number of fused-ring (bicyclic) bond motifs is 2. The SMILES string of the molecule is CC(C)CC(NS(=O)(=O)c1ccccc1)C(=O)NC1Cc2cccc(c2)CCCNC(=O)C1=O. The van der Waals surface area contributed by atoms with Crippen LogP contribution in [0.2, 0.25) is 0 Å². The van der Waals surface area contributed by atoms with E-state index in [-0.39, 0.29) is 23.7 Å². The number of hydrogen-bond donors (Lipinski definition) is 3. The van der Waals surface area contributed by atoms with Crippen molar-refractivity contribution in [2.24, 2.45) is 5.92 Å². The van der Waals surface area contributed by atoms with Crippen molar-refractivity contribution >= 4 is 27.6 Å². The Labute approximate surface area is 200 Å². The first-order valence-corrected chi connectivity index (χ1v) is 12.9. The van der Waals surface area contributed by atoms with Crippen LogP contribution < -0.4 is 15.4 Å². The third kappa shape index (κ3) is 6.98. The van der Waals surface area contributed by atoms with Crippen molar-refractivity contribution < 1.29 is 22.8 Å². The fraction of sp³-hybridized carbons (Fsp3) is 0.400. The zero-order valence-corrected chi connectivity index (χ0v) is 20.2. The minimum absolute atomic E-state index is 0.00235. The molecule has 2 amide bonds. The van der Waals surface area contributed by atoms with Gasteiger partial charge in [0.25, 0.3) is 5.91 Å². The van der Waals surface area contributed by atoms with Gasteiger partial charge in [-0.1, -0.05) is 56.3 Å². The molecule has 34 heavy (non-hydrogen) atoms. The molecule has 3 rings (SSSR count). The van der Waals surface area contributed by atoms with Crippen LogP contribution in [0.25, 0.3) is 0 Å². The summed E-state index contributed by atoms with van der Waals surface area (Å²) in [6, 6.07) is 13.2. The largest absolute Gasteiger partial charge is 0.349 e. The molecule has 2 unspecified atom stereocenters. The van der Waals surface area contributed by atoms with E-state index in [0.29, 0.717) is 13.0 Å². The van der Waals surface area contributed by atoms with Gasteiger partial charge in [-0.15, -0.1) is 0 Å². The molecule has 8 nitrogen and oxygen atoms in total. The van der Waals surface area contributed by atoms with Gasteiger partial charge in [0, 0.05) is 13.0 Å². The molecule has 0 aromatic heterocycles. The van der Waals surface area contributed by atoms with Crippen molar-refractivity contribution in [1.82, 2.24) is 15.4 Å². The topological polar surface area (TPSA) is 121 Å². The van der Waals surface area contributed by atoms with E-state index in [1.54, 1.807) is 18.2 Å². The highest BCUT2D eigenvalue weighted by Crippen LogP contribution is 2.14. The molecule has 2 atom stereocenters. The second-order valence-corrected chi connectivity index (χ2v) is 10.6. The predicted octanol–water partition coefficient (Wildman–Crippen LogP) is 1.74. The lowest BCUT2D eigenvalue weighted by Gasteiger charge is -2.24. The lowest BCUT2D eigenvalue weighted by atomic mass is 9.98. The minimum Gasteiger partial charge on any atom is -0.349 e. The van der Waals surface area contributed by atoms with Gasteiger partial charge >= 0.3 is 0 Å². The number of carbonyl (C=O) groups excluding carboxylic acids is 3. The third-order valence-electron chi connectivity index (χ3n) is 5.59. The van der Waals surface area contributed by atoms with E-state index in [1.807, 2.05) is 38.1 Å². The summed E-state index contributed by atoms with van der Waals surface area (Å²) in [6.07, 6.45) is 1.81. The van der Waals surface area contributed by atoms with Crippen LogP contribution in [0, 0.1) is 5.92 Å². The number of amides is 2. The molecule has 0 aliphatic carbocycles. The average Bonchev–Trinajstić information content (AvgIpc) is 2.81. The maximum Gasteiger partial charge on any atom is 0.289 e. The lowest BCUT2D eigenvalue weighted by Crippen LogP contribution is -2.54. The molecule has 3 N–H and O–H groups in total. The molecule has 2 aromatic rings. The van der Waals surface area contributed by atoms with Gasteiger partial charge in [-0.3, -0.25) is 14.4 Å². The summed E-state index contributed by atoms with van der Waals surface area (Å²) in [4.78, 5) is 38.6. The Morgan fingerprint density at radius 1 is 1.06 bits per heavy atom. The van der Waals surface area contributed by atoms with Gasteiger partial charge in [-0.25, -0.2) is 8.42 Å². The molecule has 2 bridgehead atoms. The second kappa shape index (κ2) is 11.4. The van der Waals surface area contributed by atoms with Crippen LogP contribution in [0.15, 0.2) is 59.5 Å². The van der Waals surface area contributed by atoms with Gasteiger partial charge in [0.15, 0.2) is 0 Å². The van der Waals surface area contributed by atoms with Crippen molar-refractivity contribution in [3.05, 3.63) is 65.7 Å². The Bertz CT molecular complexity index is 1130. The molecule has 1 heterocycles. The third-order valence-corrected chi connectivity index (χ3v) is 7.08. The summed E-state index contributed by atoms with van der Waals surface area (Å²) in [7, 11) is -3.96. The highest BCUT2D eigenvalue weighted by atomic mass is 32.2.